The third-order valence-electron chi connectivity index (χ3n) is 3.12. The zero-order valence-corrected chi connectivity index (χ0v) is 7.10. The highest BCUT2D eigenvalue weighted by molar-refractivity contribution is 4.99. The minimum absolute atomic E-state index is 0.660. The maximum absolute atomic E-state index is 3.51. The van der Waals surface area contributed by atoms with Gasteiger partial charge in [0.25, 0.3) is 0 Å². The maximum atomic E-state index is 3.51. The lowest BCUT2D eigenvalue weighted by Gasteiger charge is -2.38. The Bertz CT molecular complexity index is 154. The third kappa shape index (κ3) is 1.48. The van der Waals surface area contributed by atoms with E-state index in [2.05, 4.69) is 17.5 Å². The van der Waals surface area contributed by atoms with E-state index in [0.29, 0.717) is 5.41 Å². The summed E-state index contributed by atoms with van der Waals surface area (Å²) in [5.41, 5.74) is 0.660. The Morgan fingerprint density at radius 1 is 1.18 bits per heavy atom. The molecule has 1 spiro atoms. The molecule has 1 aliphatic heterocycles. The van der Waals surface area contributed by atoms with Gasteiger partial charge in [0.1, 0.15) is 0 Å². The maximum Gasteiger partial charge on any atom is 0.00109 e. The minimum Gasteiger partial charge on any atom is -0.316 e. The molecule has 0 aromatic heterocycles. The number of hydrogen-bond acceptors (Lipinski definition) is 1. The van der Waals surface area contributed by atoms with E-state index in [-0.39, 0.29) is 0 Å². The molecule has 0 saturated carbocycles. The van der Waals surface area contributed by atoms with E-state index in [9.17, 15) is 0 Å². The van der Waals surface area contributed by atoms with Crippen molar-refractivity contribution in [3.8, 4) is 0 Å². The highest BCUT2D eigenvalue weighted by Gasteiger charge is 2.31. The smallest absolute Gasteiger partial charge is 0.00109 e. The summed E-state index contributed by atoms with van der Waals surface area (Å²) in [6, 6.07) is 0. The zero-order chi connectivity index (χ0) is 7.57. The fraction of sp³-hybridized carbons (Fsp3) is 0.800. The summed E-state index contributed by atoms with van der Waals surface area (Å²) in [4.78, 5) is 0. The Kier molecular flexibility index (Phi) is 1.99. The molecule has 1 N–H and O–H groups in total. The van der Waals surface area contributed by atoms with Crippen LogP contribution < -0.4 is 5.32 Å². The number of piperidine rings is 1. The van der Waals surface area contributed by atoms with Crippen LogP contribution in [0, 0.1) is 5.41 Å². The molecule has 1 atom stereocenters. The average molecular weight is 151 g/mol. The van der Waals surface area contributed by atoms with Crippen LogP contribution in [0.15, 0.2) is 12.2 Å². The Labute approximate surface area is 68.9 Å². The first-order valence-electron chi connectivity index (χ1n) is 4.77. The van der Waals surface area contributed by atoms with Crippen LogP contribution in [0.5, 0.6) is 0 Å². The summed E-state index contributed by atoms with van der Waals surface area (Å²) in [5.74, 6) is 0. The second-order valence-corrected chi connectivity index (χ2v) is 3.99. The highest BCUT2D eigenvalue weighted by atomic mass is 14.9. The molecule has 1 aliphatic carbocycles. The SMILES string of the molecule is C1=CC[C@]2(CC1)CCCNC2. The predicted octanol–water partition coefficient (Wildman–Crippen LogP) is 2.10. The van der Waals surface area contributed by atoms with Crippen molar-refractivity contribution in [3.63, 3.8) is 0 Å². The second-order valence-electron chi connectivity index (χ2n) is 3.99. The molecular formula is C10H17N. The van der Waals surface area contributed by atoms with Crippen LogP contribution >= 0.6 is 0 Å². The van der Waals surface area contributed by atoms with E-state index in [4.69, 9.17) is 0 Å². The highest BCUT2D eigenvalue weighted by Crippen LogP contribution is 2.37. The van der Waals surface area contributed by atoms with Crippen molar-refractivity contribution in [1.29, 1.82) is 0 Å². The van der Waals surface area contributed by atoms with Crippen molar-refractivity contribution in [3.05, 3.63) is 12.2 Å². The molecule has 0 amide bonds. The van der Waals surface area contributed by atoms with E-state index in [1.807, 2.05) is 0 Å². The summed E-state index contributed by atoms with van der Waals surface area (Å²) in [6.45, 7) is 2.50. The van der Waals surface area contributed by atoms with E-state index in [0.717, 1.165) is 0 Å². The van der Waals surface area contributed by atoms with Gasteiger partial charge in [-0.15, -0.1) is 0 Å². The van der Waals surface area contributed by atoms with Crippen LogP contribution in [-0.4, -0.2) is 13.1 Å². The molecule has 1 nitrogen and oxygen atoms in total. The lowest BCUT2D eigenvalue weighted by Crippen LogP contribution is -2.40. The van der Waals surface area contributed by atoms with Gasteiger partial charge in [0, 0.05) is 6.54 Å². The fourth-order valence-corrected chi connectivity index (χ4v) is 2.36. The summed E-state index contributed by atoms with van der Waals surface area (Å²) in [5, 5.41) is 3.51. The van der Waals surface area contributed by atoms with Gasteiger partial charge in [-0.3, -0.25) is 0 Å². The zero-order valence-electron chi connectivity index (χ0n) is 7.10. The van der Waals surface area contributed by atoms with Crippen LogP contribution in [0.3, 0.4) is 0 Å². The number of allylic oxidation sites excluding steroid dienone is 2. The van der Waals surface area contributed by atoms with Crippen LogP contribution in [0.1, 0.15) is 32.1 Å². The van der Waals surface area contributed by atoms with Crippen molar-refractivity contribution in [2.24, 2.45) is 5.41 Å². The largest absolute Gasteiger partial charge is 0.316 e. The van der Waals surface area contributed by atoms with Crippen LogP contribution in [0.2, 0.25) is 0 Å². The number of nitrogens with one attached hydrogen (secondary N) is 1. The normalized spacial score (nSPS) is 37.8. The lowest BCUT2D eigenvalue weighted by molar-refractivity contribution is 0.189. The molecule has 62 valence electrons. The van der Waals surface area contributed by atoms with Gasteiger partial charge in [-0.1, -0.05) is 12.2 Å². The summed E-state index contributed by atoms with van der Waals surface area (Å²) >= 11 is 0. The first kappa shape index (κ1) is 7.35. The van der Waals surface area contributed by atoms with Gasteiger partial charge in [0.15, 0.2) is 0 Å². The topological polar surface area (TPSA) is 12.0 Å². The summed E-state index contributed by atoms with van der Waals surface area (Å²) < 4.78 is 0. The Hall–Kier alpha value is -0.300. The molecule has 0 unspecified atom stereocenters. The van der Waals surface area contributed by atoms with Crippen LogP contribution in [0.25, 0.3) is 0 Å². The second kappa shape index (κ2) is 2.98. The van der Waals surface area contributed by atoms with Gasteiger partial charge < -0.3 is 5.32 Å². The van der Waals surface area contributed by atoms with E-state index in [1.165, 1.54) is 45.2 Å². The molecule has 2 aliphatic rings. The first-order valence-corrected chi connectivity index (χ1v) is 4.77. The molecule has 1 heteroatoms. The molecule has 0 aromatic rings. The van der Waals surface area contributed by atoms with Gasteiger partial charge >= 0.3 is 0 Å². The molecule has 11 heavy (non-hydrogen) atoms. The number of rotatable bonds is 0. The molecule has 0 bridgehead atoms. The lowest BCUT2D eigenvalue weighted by atomic mass is 9.72. The van der Waals surface area contributed by atoms with E-state index >= 15 is 0 Å². The molecular weight excluding hydrogens is 134 g/mol. The number of hydrogen-bond donors (Lipinski definition) is 1. The van der Waals surface area contributed by atoms with Crippen molar-refractivity contribution in [2.45, 2.75) is 32.1 Å². The Balaban J connectivity index is 2.01. The molecule has 1 saturated heterocycles. The monoisotopic (exact) mass is 151 g/mol. The van der Waals surface area contributed by atoms with Gasteiger partial charge in [0.05, 0.1) is 0 Å². The molecule has 0 aromatic carbocycles. The average Bonchev–Trinajstić information content (AvgIpc) is 2.07. The van der Waals surface area contributed by atoms with Crippen molar-refractivity contribution >= 4 is 0 Å². The summed E-state index contributed by atoms with van der Waals surface area (Å²) in [7, 11) is 0. The van der Waals surface area contributed by atoms with E-state index < -0.39 is 0 Å². The van der Waals surface area contributed by atoms with Crippen molar-refractivity contribution < 1.29 is 0 Å². The fourth-order valence-electron chi connectivity index (χ4n) is 2.36. The third-order valence-corrected chi connectivity index (χ3v) is 3.12. The first-order chi connectivity index (χ1) is 5.41. The molecule has 1 fully saturated rings. The van der Waals surface area contributed by atoms with Gasteiger partial charge in [-0.25, -0.2) is 0 Å². The van der Waals surface area contributed by atoms with E-state index in [1.54, 1.807) is 0 Å². The molecule has 2 rings (SSSR count). The Morgan fingerprint density at radius 2 is 2.18 bits per heavy atom. The van der Waals surface area contributed by atoms with Crippen molar-refractivity contribution in [2.75, 3.05) is 13.1 Å². The van der Waals surface area contributed by atoms with Crippen LogP contribution in [0.4, 0.5) is 0 Å². The quantitative estimate of drug-likeness (QED) is 0.523. The standard InChI is InChI=1S/C10H17N/c1-2-5-10(6-3-1)7-4-8-11-9-10/h1-2,11H,3-9H2/t10-/m0/s1. The van der Waals surface area contributed by atoms with Crippen molar-refractivity contribution in [1.82, 2.24) is 5.32 Å². The minimum atomic E-state index is 0.660. The van der Waals surface area contributed by atoms with Gasteiger partial charge in [-0.2, -0.15) is 0 Å². The molecule has 0 radical (unpaired) electrons. The summed E-state index contributed by atoms with van der Waals surface area (Å²) in [6.07, 6.45) is 11.6. The van der Waals surface area contributed by atoms with Gasteiger partial charge in [-0.05, 0) is 44.1 Å². The van der Waals surface area contributed by atoms with Gasteiger partial charge in [0.2, 0.25) is 0 Å². The Morgan fingerprint density at radius 3 is 2.82 bits per heavy atom. The predicted molar refractivity (Wildman–Crippen MR) is 47.5 cm³/mol. The molecule has 1 heterocycles. The van der Waals surface area contributed by atoms with Crippen LogP contribution in [-0.2, 0) is 0 Å².